The predicted octanol–water partition coefficient (Wildman–Crippen LogP) is 0.0221. The predicted molar refractivity (Wildman–Crippen MR) is 52.2 cm³/mol. The van der Waals surface area contributed by atoms with Crippen molar-refractivity contribution in [3.63, 3.8) is 0 Å². The van der Waals surface area contributed by atoms with Crippen LogP contribution in [0.4, 0.5) is 4.39 Å². The van der Waals surface area contributed by atoms with E-state index in [0.29, 0.717) is 5.56 Å². The van der Waals surface area contributed by atoms with E-state index in [2.05, 4.69) is 5.32 Å². The molecule has 1 aliphatic heterocycles. The molecule has 0 spiro atoms. The van der Waals surface area contributed by atoms with E-state index in [4.69, 9.17) is 10.8 Å². The molecule has 16 heavy (non-hydrogen) atoms. The summed E-state index contributed by atoms with van der Waals surface area (Å²) in [4.78, 5) is 22.1. The van der Waals surface area contributed by atoms with Crippen molar-refractivity contribution in [3.05, 3.63) is 35.1 Å². The molecule has 84 valence electrons. The SMILES string of the molecule is N[C@H](C(=O)O)[C@H]1NC(=O)c2c(F)cccc21. The first-order valence-electron chi connectivity index (χ1n) is 4.60. The fraction of sp³-hybridized carbons (Fsp3) is 0.200. The molecule has 4 N–H and O–H groups in total. The first kappa shape index (κ1) is 10.6. The average molecular weight is 224 g/mol. The van der Waals surface area contributed by atoms with Crippen molar-refractivity contribution >= 4 is 11.9 Å². The molecule has 1 aromatic carbocycles. The summed E-state index contributed by atoms with van der Waals surface area (Å²) in [5.74, 6) is -2.55. The maximum Gasteiger partial charge on any atom is 0.322 e. The molecule has 2 rings (SSSR count). The van der Waals surface area contributed by atoms with Crippen molar-refractivity contribution in [1.82, 2.24) is 5.32 Å². The molecule has 6 heteroatoms. The Hall–Kier alpha value is -1.95. The lowest BCUT2D eigenvalue weighted by Gasteiger charge is -2.15. The molecule has 2 atom stereocenters. The molecule has 0 fully saturated rings. The third kappa shape index (κ3) is 1.43. The maximum atomic E-state index is 13.3. The van der Waals surface area contributed by atoms with Crippen LogP contribution in [-0.4, -0.2) is 23.0 Å². The summed E-state index contributed by atoms with van der Waals surface area (Å²) in [7, 11) is 0. The maximum absolute atomic E-state index is 13.3. The molecule has 5 nitrogen and oxygen atoms in total. The molecule has 1 aromatic rings. The molecule has 0 aromatic heterocycles. The molecular weight excluding hydrogens is 215 g/mol. The number of carbonyl (C=O) groups is 2. The van der Waals surface area contributed by atoms with Gasteiger partial charge in [-0.15, -0.1) is 0 Å². The van der Waals surface area contributed by atoms with Crippen LogP contribution in [0.5, 0.6) is 0 Å². The van der Waals surface area contributed by atoms with Gasteiger partial charge < -0.3 is 16.2 Å². The van der Waals surface area contributed by atoms with Gasteiger partial charge in [0.2, 0.25) is 0 Å². The average Bonchev–Trinajstić information content (AvgIpc) is 2.56. The van der Waals surface area contributed by atoms with Gasteiger partial charge >= 0.3 is 5.97 Å². The highest BCUT2D eigenvalue weighted by Gasteiger charge is 2.37. The summed E-state index contributed by atoms with van der Waals surface area (Å²) in [6.45, 7) is 0. The monoisotopic (exact) mass is 224 g/mol. The molecule has 0 saturated carbocycles. The van der Waals surface area contributed by atoms with Gasteiger partial charge in [-0.05, 0) is 11.6 Å². The topological polar surface area (TPSA) is 92.4 Å². The summed E-state index contributed by atoms with van der Waals surface area (Å²) < 4.78 is 13.3. The lowest BCUT2D eigenvalue weighted by molar-refractivity contribution is -0.139. The van der Waals surface area contributed by atoms with Crippen LogP contribution in [0.15, 0.2) is 18.2 Å². The number of carboxylic acids is 1. The fourth-order valence-electron chi connectivity index (χ4n) is 1.76. The lowest BCUT2D eigenvalue weighted by Crippen LogP contribution is -2.41. The fourth-order valence-corrected chi connectivity index (χ4v) is 1.76. The van der Waals surface area contributed by atoms with Gasteiger partial charge in [0.1, 0.15) is 11.9 Å². The summed E-state index contributed by atoms with van der Waals surface area (Å²) in [6, 6.07) is 1.88. The highest BCUT2D eigenvalue weighted by molar-refractivity contribution is 6.00. The summed E-state index contributed by atoms with van der Waals surface area (Å²) in [5, 5.41) is 11.1. The molecule has 0 aliphatic carbocycles. The summed E-state index contributed by atoms with van der Waals surface area (Å²) in [6.07, 6.45) is 0. The first-order chi connectivity index (χ1) is 7.52. The molecule has 0 saturated heterocycles. The minimum absolute atomic E-state index is 0.121. The second-order valence-corrected chi connectivity index (χ2v) is 3.52. The van der Waals surface area contributed by atoms with Crippen LogP contribution in [0.1, 0.15) is 22.0 Å². The van der Waals surface area contributed by atoms with Crippen molar-refractivity contribution in [2.45, 2.75) is 12.1 Å². The zero-order valence-electron chi connectivity index (χ0n) is 8.11. The van der Waals surface area contributed by atoms with Crippen LogP contribution < -0.4 is 11.1 Å². The Morgan fingerprint density at radius 1 is 1.56 bits per heavy atom. The highest BCUT2D eigenvalue weighted by atomic mass is 19.1. The molecule has 0 unspecified atom stereocenters. The molecule has 1 aliphatic rings. The van der Waals surface area contributed by atoms with Crippen LogP contribution in [0.3, 0.4) is 0 Å². The number of benzene rings is 1. The summed E-state index contributed by atoms with van der Waals surface area (Å²) in [5.41, 5.74) is 5.58. The molecular formula is C10H9FN2O3. The zero-order chi connectivity index (χ0) is 11.9. The normalized spacial score (nSPS) is 20.1. The smallest absolute Gasteiger partial charge is 0.322 e. The van der Waals surface area contributed by atoms with Gasteiger partial charge in [-0.3, -0.25) is 9.59 Å². The first-order valence-corrected chi connectivity index (χ1v) is 4.60. The zero-order valence-corrected chi connectivity index (χ0v) is 8.11. The number of halogens is 1. The van der Waals surface area contributed by atoms with Gasteiger partial charge in [0.05, 0.1) is 11.6 Å². The van der Waals surface area contributed by atoms with Crippen LogP contribution in [0.25, 0.3) is 0 Å². The van der Waals surface area contributed by atoms with Gasteiger partial charge in [-0.2, -0.15) is 0 Å². The Morgan fingerprint density at radius 2 is 2.25 bits per heavy atom. The van der Waals surface area contributed by atoms with E-state index >= 15 is 0 Å². The third-order valence-corrected chi connectivity index (χ3v) is 2.54. The van der Waals surface area contributed by atoms with Crippen LogP contribution in [0, 0.1) is 5.82 Å². The van der Waals surface area contributed by atoms with Crippen molar-refractivity contribution in [1.29, 1.82) is 0 Å². The van der Waals surface area contributed by atoms with Gasteiger partial charge in [0.15, 0.2) is 0 Å². The largest absolute Gasteiger partial charge is 0.480 e. The standard InChI is InChI=1S/C10H9FN2O3/c11-5-3-1-2-4-6(5)9(14)13-8(4)7(12)10(15)16/h1-3,7-8H,12H2,(H,13,14)(H,15,16)/t7-,8-/m0/s1. The van der Waals surface area contributed by atoms with E-state index in [0.717, 1.165) is 6.07 Å². The van der Waals surface area contributed by atoms with E-state index in [1.165, 1.54) is 12.1 Å². The Kier molecular flexibility index (Phi) is 2.35. The minimum atomic E-state index is -1.29. The number of amides is 1. The Balaban J connectivity index is 2.48. The van der Waals surface area contributed by atoms with Crippen LogP contribution >= 0.6 is 0 Å². The number of fused-ring (bicyclic) bond motifs is 1. The van der Waals surface area contributed by atoms with Gasteiger partial charge in [-0.25, -0.2) is 4.39 Å². The number of aliphatic carboxylic acids is 1. The van der Waals surface area contributed by atoms with E-state index in [1.807, 2.05) is 0 Å². The third-order valence-electron chi connectivity index (χ3n) is 2.54. The number of carbonyl (C=O) groups excluding carboxylic acids is 1. The number of nitrogens with one attached hydrogen (secondary N) is 1. The molecule has 1 amide bonds. The van der Waals surface area contributed by atoms with E-state index in [1.54, 1.807) is 0 Å². The van der Waals surface area contributed by atoms with Crippen molar-refractivity contribution < 1.29 is 19.1 Å². The van der Waals surface area contributed by atoms with E-state index in [9.17, 15) is 14.0 Å². The Bertz CT molecular complexity index is 475. The van der Waals surface area contributed by atoms with Crippen LogP contribution in [0.2, 0.25) is 0 Å². The number of hydrogen-bond donors (Lipinski definition) is 3. The second-order valence-electron chi connectivity index (χ2n) is 3.52. The minimum Gasteiger partial charge on any atom is -0.480 e. The quantitative estimate of drug-likeness (QED) is 0.660. The lowest BCUT2D eigenvalue weighted by atomic mass is 9.99. The van der Waals surface area contributed by atoms with Gasteiger partial charge in [0.25, 0.3) is 5.91 Å². The molecule has 0 bridgehead atoms. The van der Waals surface area contributed by atoms with Crippen molar-refractivity contribution in [2.75, 3.05) is 0 Å². The van der Waals surface area contributed by atoms with Crippen molar-refractivity contribution in [2.24, 2.45) is 5.73 Å². The highest BCUT2D eigenvalue weighted by Crippen LogP contribution is 2.28. The van der Waals surface area contributed by atoms with Gasteiger partial charge in [0, 0.05) is 0 Å². The number of rotatable bonds is 2. The van der Waals surface area contributed by atoms with Gasteiger partial charge in [-0.1, -0.05) is 12.1 Å². The van der Waals surface area contributed by atoms with Crippen LogP contribution in [-0.2, 0) is 4.79 Å². The number of carboxylic acid groups (broad SMARTS) is 1. The second kappa shape index (κ2) is 3.57. The Labute approximate surface area is 90.1 Å². The molecule has 1 heterocycles. The summed E-state index contributed by atoms with van der Waals surface area (Å²) >= 11 is 0. The van der Waals surface area contributed by atoms with E-state index < -0.39 is 29.8 Å². The number of hydrogen-bond acceptors (Lipinski definition) is 3. The van der Waals surface area contributed by atoms with E-state index in [-0.39, 0.29) is 5.56 Å². The Morgan fingerprint density at radius 3 is 2.88 bits per heavy atom. The van der Waals surface area contributed by atoms with Crippen molar-refractivity contribution in [3.8, 4) is 0 Å². The number of nitrogens with two attached hydrogens (primary N) is 1. The molecule has 0 radical (unpaired) electrons.